The van der Waals surface area contributed by atoms with Crippen LogP contribution in [0.3, 0.4) is 0 Å². The lowest BCUT2D eigenvalue weighted by molar-refractivity contribution is 0.467. The summed E-state index contributed by atoms with van der Waals surface area (Å²) in [5, 5.41) is 0.700. The van der Waals surface area contributed by atoms with Crippen LogP contribution in [-0.4, -0.2) is 6.54 Å². The molecular formula is C17H19BrClNO. The van der Waals surface area contributed by atoms with Crippen LogP contribution < -0.4 is 10.5 Å². The summed E-state index contributed by atoms with van der Waals surface area (Å²) >= 11 is 9.56. The van der Waals surface area contributed by atoms with Gasteiger partial charge in [0.15, 0.2) is 0 Å². The van der Waals surface area contributed by atoms with Gasteiger partial charge in [-0.05, 0) is 66.4 Å². The second kappa shape index (κ2) is 7.30. The molecule has 0 fully saturated rings. The minimum absolute atomic E-state index is 0.378. The fraction of sp³-hybridized carbons (Fsp3) is 0.294. The second-order valence-corrected chi connectivity index (χ2v) is 6.58. The summed E-state index contributed by atoms with van der Waals surface area (Å²) in [7, 11) is 0. The van der Waals surface area contributed by atoms with E-state index < -0.39 is 0 Å². The maximum absolute atomic E-state index is 6.13. The van der Waals surface area contributed by atoms with Crippen molar-refractivity contribution in [1.29, 1.82) is 0 Å². The molecule has 2 aromatic carbocycles. The lowest BCUT2D eigenvalue weighted by atomic mass is 10.0. The highest BCUT2D eigenvalue weighted by molar-refractivity contribution is 9.10. The summed E-state index contributed by atoms with van der Waals surface area (Å²) in [6.45, 7) is 4.86. The summed E-state index contributed by atoms with van der Waals surface area (Å²) in [6, 6.07) is 11.7. The summed E-state index contributed by atoms with van der Waals surface area (Å²) in [5.41, 5.74) is 7.86. The molecule has 21 heavy (non-hydrogen) atoms. The number of hydrogen-bond acceptors (Lipinski definition) is 2. The normalized spacial score (nSPS) is 11.0. The fourth-order valence-electron chi connectivity index (χ4n) is 2.18. The van der Waals surface area contributed by atoms with Gasteiger partial charge in [-0.25, -0.2) is 0 Å². The van der Waals surface area contributed by atoms with E-state index in [0.717, 1.165) is 33.5 Å². The van der Waals surface area contributed by atoms with Crippen LogP contribution >= 0.6 is 27.5 Å². The Morgan fingerprint density at radius 2 is 1.86 bits per heavy atom. The molecule has 0 atom stereocenters. The summed E-state index contributed by atoms with van der Waals surface area (Å²) < 4.78 is 7.18. The van der Waals surface area contributed by atoms with Crippen molar-refractivity contribution in [3.05, 3.63) is 57.0 Å². The molecule has 0 aliphatic rings. The Hall–Kier alpha value is -1.03. The quantitative estimate of drug-likeness (QED) is 0.754. The van der Waals surface area contributed by atoms with Crippen molar-refractivity contribution < 1.29 is 4.74 Å². The molecule has 2 aromatic rings. The molecule has 0 heterocycles. The Balaban J connectivity index is 2.38. The van der Waals surface area contributed by atoms with E-state index in [-0.39, 0.29) is 0 Å². The van der Waals surface area contributed by atoms with Crippen molar-refractivity contribution in [2.45, 2.75) is 26.2 Å². The minimum atomic E-state index is 0.378. The van der Waals surface area contributed by atoms with Gasteiger partial charge < -0.3 is 10.5 Å². The molecule has 4 heteroatoms. The van der Waals surface area contributed by atoms with E-state index in [1.54, 1.807) is 0 Å². The molecule has 0 aliphatic heterocycles. The SMILES string of the molecule is CC(C)c1cc(Br)ccc1Oc1ccc(Cl)cc1CCN. The Morgan fingerprint density at radius 1 is 1.14 bits per heavy atom. The molecule has 112 valence electrons. The van der Waals surface area contributed by atoms with Gasteiger partial charge in [-0.1, -0.05) is 41.4 Å². The van der Waals surface area contributed by atoms with Crippen LogP contribution in [0.15, 0.2) is 40.9 Å². The van der Waals surface area contributed by atoms with Crippen molar-refractivity contribution in [2.24, 2.45) is 5.73 Å². The maximum Gasteiger partial charge on any atom is 0.130 e. The fourth-order valence-corrected chi connectivity index (χ4v) is 2.75. The molecule has 2 rings (SSSR count). The highest BCUT2D eigenvalue weighted by Gasteiger charge is 2.12. The summed E-state index contributed by atoms with van der Waals surface area (Å²) in [4.78, 5) is 0. The van der Waals surface area contributed by atoms with E-state index in [0.29, 0.717) is 17.5 Å². The monoisotopic (exact) mass is 367 g/mol. The zero-order valence-electron chi connectivity index (χ0n) is 12.2. The average molecular weight is 369 g/mol. The van der Waals surface area contributed by atoms with Crippen molar-refractivity contribution in [3.8, 4) is 11.5 Å². The van der Waals surface area contributed by atoms with E-state index >= 15 is 0 Å². The third kappa shape index (κ3) is 4.22. The van der Waals surface area contributed by atoms with Gasteiger partial charge in [-0.2, -0.15) is 0 Å². The smallest absolute Gasteiger partial charge is 0.130 e. The molecule has 0 bridgehead atoms. The first kappa shape index (κ1) is 16.3. The molecular weight excluding hydrogens is 350 g/mol. The van der Waals surface area contributed by atoms with Crippen LogP contribution in [0.1, 0.15) is 30.9 Å². The van der Waals surface area contributed by atoms with Crippen molar-refractivity contribution in [3.63, 3.8) is 0 Å². The zero-order valence-corrected chi connectivity index (χ0v) is 14.5. The maximum atomic E-state index is 6.13. The average Bonchev–Trinajstić information content (AvgIpc) is 2.43. The Kier molecular flexibility index (Phi) is 5.68. The minimum Gasteiger partial charge on any atom is -0.457 e. The van der Waals surface area contributed by atoms with E-state index in [2.05, 4.69) is 35.8 Å². The number of rotatable bonds is 5. The molecule has 0 aromatic heterocycles. The van der Waals surface area contributed by atoms with Gasteiger partial charge in [-0.3, -0.25) is 0 Å². The zero-order chi connectivity index (χ0) is 15.4. The number of benzene rings is 2. The lowest BCUT2D eigenvalue weighted by Crippen LogP contribution is -2.04. The van der Waals surface area contributed by atoms with Crippen LogP contribution in [0.2, 0.25) is 5.02 Å². The van der Waals surface area contributed by atoms with Gasteiger partial charge in [0, 0.05) is 9.50 Å². The molecule has 0 radical (unpaired) electrons. The molecule has 0 aliphatic carbocycles. The predicted octanol–water partition coefficient (Wildman–Crippen LogP) is 5.52. The molecule has 0 amide bonds. The van der Waals surface area contributed by atoms with Gasteiger partial charge in [0.2, 0.25) is 0 Å². The first-order chi connectivity index (χ1) is 10.0. The van der Waals surface area contributed by atoms with Crippen LogP contribution in [0.25, 0.3) is 0 Å². The van der Waals surface area contributed by atoms with Crippen LogP contribution in [0, 0.1) is 0 Å². The Bertz CT molecular complexity index is 628. The van der Waals surface area contributed by atoms with Crippen molar-refractivity contribution in [2.75, 3.05) is 6.54 Å². The topological polar surface area (TPSA) is 35.2 Å². The molecule has 2 nitrogen and oxygen atoms in total. The predicted molar refractivity (Wildman–Crippen MR) is 92.5 cm³/mol. The number of halogens is 2. The van der Waals surface area contributed by atoms with Gasteiger partial charge in [0.05, 0.1) is 0 Å². The summed E-state index contributed by atoms with van der Waals surface area (Å²) in [5.74, 6) is 2.06. The number of nitrogens with two attached hydrogens (primary N) is 1. The second-order valence-electron chi connectivity index (χ2n) is 5.23. The highest BCUT2D eigenvalue weighted by atomic mass is 79.9. The third-order valence-corrected chi connectivity index (χ3v) is 3.98. The first-order valence-electron chi connectivity index (χ1n) is 6.97. The van der Waals surface area contributed by atoms with E-state index in [1.807, 2.05) is 30.3 Å². The van der Waals surface area contributed by atoms with E-state index in [4.69, 9.17) is 22.1 Å². The molecule has 0 spiro atoms. The van der Waals surface area contributed by atoms with Gasteiger partial charge in [-0.15, -0.1) is 0 Å². The first-order valence-corrected chi connectivity index (χ1v) is 8.14. The Morgan fingerprint density at radius 3 is 2.52 bits per heavy atom. The van der Waals surface area contributed by atoms with Crippen LogP contribution in [0.4, 0.5) is 0 Å². The lowest BCUT2D eigenvalue weighted by Gasteiger charge is -2.16. The molecule has 0 saturated carbocycles. The van der Waals surface area contributed by atoms with Crippen LogP contribution in [0.5, 0.6) is 11.5 Å². The Labute approximate surface area is 139 Å². The van der Waals surface area contributed by atoms with Gasteiger partial charge in [0.1, 0.15) is 11.5 Å². The van der Waals surface area contributed by atoms with Gasteiger partial charge >= 0.3 is 0 Å². The summed E-state index contributed by atoms with van der Waals surface area (Å²) in [6.07, 6.45) is 0.740. The van der Waals surface area contributed by atoms with E-state index in [1.165, 1.54) is 0 Å². The number of ether oxygens (including phenoxy) is 1. The van der Waals surface area contributed by atoms with Crippen LogP contribution in [-0.2, 0) is 6.42 Å². The van der Waals surface area contributed by atoms with Gasteiger partial charge in [0.25, 0.3) is 0 Å². The molecule has 0 saturated heterocycles. The third-order valence-electron chi connectivity index (χ3n) is 3.25. The van der Waals surface area contributed by atoms with Crippen molar-refractivity contribution >= 4 is 27.5 Å². The van der Waals surface area contributed by atoms with Crippen molar-refractivity contribution in [1.82, 2.24) is 0 Å². The molecule has 0 unspecified atom stereocenters. The largest absolute Gasteiger partial charge is 0.457 e. The molecule has 2 N–H and O–H groups in total. The van der Waals surface area contributed by atoms with E-state index in [9.17, 15) is 0 Å². The number of hydrogen-bond donors (Lipinski definition) is 1. The highest BCUT2D eigenvalue weighted by Crippen LogP contribution is 2.35. The standard InChI is InChI=1S/C17H19BrClNO/c1-11(2)15-10-13(18)3-5-17(15)21-16-6-4-14(19)9-12(16)7-8-20/h3-6,9-11H,7-8,20H2,1-2H3.